The maximum Gasteiger partial charge on any atom is 0.417 e. The molecule has 1 aromatic carbocycles. The average Bonchev–Trinajstić information content (AvgIpc) is 2.21. The minimum Gasteiger partial charge on any atom is -0.166 e. The predicted octanol–water partition coefficient (Wildman–Crippen LogP) is 6.28. The van der Waals surface area contributed by atoms with Crippen molar-refractivity contribution in [1.29, 1.82) is 0 Å². The third-order valence-corrected chi connectivity index (χ3v) is 3.56. The van der Waals surface area contributed by atoms with Gasteiger partial charge in [-0.1, -0.05) is 33.4 Å². The summed E-state index contributed by atoms with van der Waals surface area (Å²) in [5, 5.41) is 0. The normalized spacial score (nSPS) is 13.4. The minimum atomic E-state index is -4.89. The van der Waals surface area contributed by atoms with E-state index in [0.717, 1.165) is 0 Å². The molecule has 0 nitrogen and oxygen atoms in total. The molecule has 0 spiro atoms. The van der Waals surface area contributed by atoms with Crippen molar-refractivity contribution in [2.75, 3.05) is 0 Å². The topological polar surface area (TPSA) is 0 Å². The molecule has 0 aliphatic rings. The van der Waals surface area contributed by atoms with Crippen LogP contribution < -0.4 is 0 Å². The van der Waals surface area contributed by atoms with Gasteiger partial charge < -0.3 is 0 Å². The zero-order valence-corrected chi connectivity index (χ0v) is 13.1. The van der Waals surface area contributed by atoms with E-state index < -0.39 is 34.5 Å². The van der Waals surface area contributed by atoms with Gasteiger partial charge in [-0.05, 0) is 41.5 Å². The Hall–Kier alpha value is -1.46. The van der Waals surface area contributed by atoms with Gasteiger partial charge in [0, 0.05) is 0 Å². The summed E-state index contributed by atoms with van der Waals surface area (Å²) in [5.74, 6) is 0. The van der Waals surface area contributed by atoms with Crippen LogP contribution in [0.2, 0.25) is 0 Å². The lowest BCUT2D eigenvalue weighted by Gasteiger charge is -2.31. The second-order valence-electron chi connectivity index (χ2n) is 6.24. The highest BCUT2D eigenvalue weighted by Gasteiger charge is 2.44. The molecule has 0 bridgehead atoms. The summed E-state index contributed by atoms with van der Waals surface area (Å²) in [6.45, 7) is 10.4. The largest absolute Gasteiger partial charge is 0.417 e. The fourth-order valence-corrected chi connectivity index (χ4v) is 3.12. The van der Waals surface area contributed by atoms with Gasteiger partial charge in [-0.25, -0.2) is 0 Å². The van der Waals surface area contributed by atoms with E-state index in [0.29, 0.717) is 6.08 Å². The summed E-state index contributed by atoms with van der Waals surface area (Å²) in [4.78, 5) is 0. The Balaban J connectivity index is 4.16. The second-order valence-corrected chi connectivity index (χ2v) is 6.24. The molecule has 0 heterocycles. The summed E-state index contributed by atoms with van der Waals surface area (Å²) in [5.41, 5.74) is -4.56. The Kier molecular flexibility index (Phi) is 4.49. The van der Waals surface area contributed by atoms with Gasteiger partial charge in [0.1, 0.15) is 0 Å². The van der Waals surface area contributed by atoms with Crippen LogP contribution in [0.5, 0.6) is 0 Å². The molecule has 6 heteroatoms. The quantitative estimate of drug-likeness (QED) is 0.533. The number of hydrogen-bond acceptors (Lipinski definition) is 0. The highest BCUT2D eigenvalue weighted by Crippen LogP contribution is 2.47. The smallest absolute Gasteiger partial charge is 0.166 e. The minimum absolute atomic E-state index is 0.0674. The molecule has 0 N–H and O–H groups in total. The van der Waals surface area contributed by atoms with Crippen LogP contribution >= 0.6 is 0 Å². The first-order valence-corrected chi connectivity index (χ1v) is 6.58. The summed E-state index contributed by atoms with van der Waals surface area (Å²) in [6, 6.07) is 0. The molecular formula is C16H18F6. The highest BCUT2D eigenvalue weighted by atomic mass is 19.4. The van der Waals surface area contributed by atoms with Crippen LogP contribution in [0.15, 0.2) is 6.58 Å². The van der Waals surface area contributed by atoms with Crippen LogP contribution in [0, 0.1) is 13.8 Å². The van der Waals surface area contributed by atoms with Crippen LogP contribution in [-0.2, 0) is 17.8 Å². The summed E-state index contributed by atoms with van der Waals surface area (Å²) in [7, 11) is 0. The summed E-state index contributed by atoms with van der Waals surface area (Å²) < 4.78 is 80.1. The zero-order valence-electron chi connectivity index (χ0n) is 13.1. The molecule has 0 radical (unpaired) electrons. The van der Waals surface area contributed by atoms with E-state index in [1.54, 1.807) is 20.8 Å². The molecule has 0 aromatic heterocycles. The van der Waals surface area contributed by atoms with E-state index >= 15 is 0 Å². The van der Waals surface area contributed by atoms with Crippen molar-refractivity contribution in [3.05, 3.63) is 40.0 Å². The lowest BCUT2D eigenvalue weighted by atomic mass is 9.76. The summed E-state index contributed by atoms with van der Waals surface area (Å²) >= 11 is 0. The van der Waals surface area contributed by atoms with Crippen molar-refractivity contribution >= 4 is 6.08 Å². The van der Waals surface area contributed by atoms with E-state index in [4.69, 9.17) is 0 Å². The van der Waals surface area contributed by atoms with Gasteiger partial charge in [0.2, 0.25) is 0 Å². The van der Waals surface area contributed by atoms with E-state index in [-0.39, 0.29) is 16.7 Å². The third kappa shape index (κ3) is 3.15. The van der Waals surface area contributed by atoms with E-state index in [1.807, 2.05) is 0 Å². The molecule has 0 aliphatic heterocycles. The van der Waals surface area contributed by atoms with Crippen LogP contribution in [0.1, 0.15) is 54.2 Å². The maximum absolute atomic E-state index is 13.3. The first-order valence-electron chi connectivity index (χ1n) is 6.58. The van der Waals surface area contributed by atoms with Crippen molar-refractivity contribution in [3.8, 4) is 0 Å². The first kappa shape index (κ1) is 18.6. The molecule has 0 saturated carbocycles. The Morgan fingerprint density at radius 1 is 0.727 bits per heavy atom. The Morgan fingerprint density at radius 2 is 1.05 bits per heavy atom. The van der Waals surface area contributed by atoms with Gasteiger partial charge in [-0.3, -0.25) is 0 Å². The maximum atomic E-state index is 13.3. The van der Waals surface area contributed by atoms with E-state index in [1.165, 1.54) is 13.8 Å². The third-order valence-electron chi connectivity index (χ3n) is 3.56. The zero-order chi connectivity index (χ0) is 17.7. The number of rotatable bonds is 1. The van der Waals surface area contributed by atoms with Crippen molar-refractivity contribution in [1.82, 2.24) is 0 Å². The van der Waals surface area contributed by atoms with Crippen molar-refractivity contribution in [2.45, 2.75) is 52.4 Å². The van der Waals surface area contributed by atoms with Gasteiger partial charge in [0.05, 0.1) is 11.1 Å². The molecule has 0 saturated heterocycles. The molecule has 0 unspecified atom stereocenters. The van der Waals surface area contributed by atoms with Crippen molar-refractivity contribution in [2.24, 2.45) is 0 Å². The molecule has 0 amide bonds. The number of alkyl halides is 6. The molecule has 22 heavy (non-hydrogen) atoms. The van der Waals surface area contributed by atoms with Crippen LogP contribution in [0.3, 0.4) is 0 Å². The lowest BCUT2D eigenvalue weighted by Crippen LogP contribution is -2.25. The number of halogens is 6. The Labute approximate surface area is 125 Å². The molecule has 1 rings (SSSR count). The van der Waals surface area contributed by atoms with Crippen molar-refractivity contribution < 1.29 is 26.3 Å². The average molecular weight is 324 g/mol. The van der Waals surface area contributed by atoms with Gasteiger partial charge in [-0.2, -0.15) is 26.3 Å². The fourth-order valence-electron chi connectivity index (χ4n) is 3.12. The van der Waals surface area contributed by atoms with Crippen LogP contribution in [0.25, 0.3) is 6.08 Å². The second kappa shape index (κ2) is 5.32. The molecule has 0 fully saturated rings. The first-order chi connectivity index (χ1) is 9.64. The monoisotopic (exact) mass is 324 g/mol. The SMILES string of the molecule is C=Cc1c(C(F)(F)F)c(C)c(C(C)(C)C)c(C)c1C(F)(F)F. The van der Waals surface area contributed by atoms with Crippen LogP contribution in [0.4, 0.5) is 26.3 Å². The predicted molar refractivity (Wildman–Crippen MR) is 74.7 cm³/mol. The fraction of sp³-hybridized carbons (Fsp3) is 0.500. The highest BCUT2D eigenvalue weighted by molar-refractivity contribution is 5.66. The van der Waals surface area contributed by atoms with E-state index in [2.05, 4.69) is 6.58 Å². The van der Waals surface area contributed by atoms with Gasteiger partial charge in [0.25, 0.3) is 0 Å². The standard InChI is InChI=1S/C16H18F6/c1-7-10-12(15(17,18)19)8(2)11(14(4,5)6)9(3)13(10)16(20,21)22/h7H,1H2,2-6H3. The van der Waals surface area contributed by atoms with Gasteiger partial charge in [-0.15, -0.1) is 0 Å². The molecule has 1 aromatic rings. The molecule has 124 valence electrons. The van der Waals surface area contributed by atoms with Crippen LogP contribution in [-0.4, -0.2) is 0 Å². The van der Waals surface area contributed by atoms with Gasteiger partial charge in [0.15, 0.2) is 0 Å². The van der Waals surface area contributed by atoms with Crippen molar-refractivity contribution in [3.63, 3.8) is 0 Å². The van der Waals surface area contributed by atoms with E-state index in [9.17, 15) is 26.3 Å². The summed E-state index contributed by atoms with van der Waals surface area (Å²) in [6.07, 6.45) is -9.14. The number of benzene rings is 1. The Bertz CT molecular complexity index is 556. The van der Waals surface area contributed by atoms with Gasteiger partial charge >= 0.3 is 12.4 Å². The number of hydrogen-bond donors (Lipinski definition) is 0. The Morgan fingerprint density at radius 3 is 1.23 bits per heavy atom. The molecule has 0 aliphatic carbocycles. The molecule has 0 atom stereocenters. The lowest BCUT2D eigenvalue weighted by molar-refractivity contribution is -0.144. The molecular weight excluding hydrogens is 306 g/mol.